The molecule has 2 nitrogen and oxygen atoms in total. The third kappa shape index (κ3) is 2.09. The number of hydrogen-bond donors (Lipinski definition) is 2. The quantitative estimate of drug-likeness (QED) is 0.609. The second kappa shape index (κ2) is 3.60. The number of hydrogen-bond acceptors (Lipinski definition) is 1. The van der Waals surface area contributed by atoms with Crippen molar-refractivity contribution >= 4 is 17.3 Å². The van der Waals surface area contributed by atoms with E-state index in [0.717, 1.165) is 5.11 Å². The molecule has 0 aliphatic heterocycles. The summed E-state index contributed by atoms with van der Waals surface area (Å²) in [6.45, 7) is 4.60. The normalized spacial score (nSPS) is 26.8. The molecular formula is C9H18N2S. The summed E-state index contributed by atoms with van der Waals surface area (Å²) >= 11 is 5.07. The number of nitrogens with one attached hydrogen (secondary N) is 2. The van der Waals surface area contributed by atoms with E-state index < -0.39 is 0 Å². The smallest absolute Gasteiger partial charge is 0.166 e. The van der Waals surface area contributed by atoms with Crippen molar-refractivity contribution in [1.82, 2.24) is 10.6 Å². The van der Waals surface area contributed by atoms with Crippen LogP contribution in [0, 0.1) is 5.41 Å². The zero-order valence-corrected chi connectivity index (χ0v) is 8.92. The first-order chi connectivity index (χ1) is 5.56. The summed E-state index contributed by atoms with van der Waals surface area (Å²) in [7, 11) is 1.86. The van der Waals surface area contributed by atoms with Crippen molar-refractivity contribution in [2.45, 2.75) is 39.2 Å². The van der Waals surface area contributed by atoms with Crippen LogP contribution in [0.15, 0.2) is 0 Å². The van der Waals surface area contributed by atoms with E-state index in [1.165, 1.54) is 19.3 Å². The first kappa shape index (κ1) is 9.78. The molecule has 0 spiro atoms. The van der Waals surface area contributed by atoms with E-state index >= 15 is 0 Å². The van der Waals surface area contributed by atoms with Gasteiger partial charge in [0.25, 0.3) is 0 Å². The lowest BCUT2D eigenvalue weighted by Crippen LogP contribution is -2.45. The molecule has 70 valence electrons. The van der Waals surface area contributed by atoms with Crippen LogP contribution in [0.5, 0.6) is 0 Å². The maximum absolute atomic E-state index is 5.07. The summed E-state index contributed by atoms with van der Waals surface area (Å²) in [5.41, 5.74) is 0.404. The summed E-state index contributed by atoms with van der Waals surface area (Å²) in [5.74, 6) is 0. The van der Waals surface area contributed by atoms with Crippen LogP contribution in [-0.2, 0) is 0 Å². The lowest BCUT2D eigenvalue weighted by atomic mass is 9.87. The van der Waals surface area contributed by atoms with Gasteiger partial charge in [-0.2, -0.15) is 0 Å². The molecule has 0 aromatic rings. The van der Waals surface area contributed by atoms with Gasteiger partial charge in [0.15, 0.2) is 5.11 Å². The predicted octanol–water partition coefficient (Wildman–Crippen LogP) is 1.66. The van der Waals surface area contributed by atoms with Crippen LogP contribution in [0.3, 0.4) is 0 Å². The predicted molar refractivity (Wildman–Crippen MR) is 56.2 cm³/mol. The van der Waals surface area contributed by atoms with E-state index in [0.29, 0.717) is 11.5 Å². The summed E-state index contributed by atoms with van der Waals surface area (Å²) in [6.07, 6.45) is 3.86. The van der Waals surface area contributed by atoms with E-state index in [1.807, 2.05) is 7.05 Å². The van der Waals surface area contributed by atoms with Gasteiger partial charge < -0.3 is 10.6 Å². The molecule has 0 amide bonds. The molecule has 1 rings (SSSR count). The zero-order valence-electron chi connectivity index (χ0n) is 8.11. The molecule has 1 fully saturated rings. The maximum atomic E-state index is 5.07. The van der Waals surface area contributed by atoms with E-state index in [9.17, 15) is 0 Å². The molecule has 3 heteroatoms. The van der Waals surface area contributed by atoms with Gasteiger partial charge in [-0.05, 0) is 30.5 Å². The van der Waals surface area contributed by atoms with Gasteiger partial charge in [-0.3, -0.25) is 0 Å². The Morgan fingerprint density at radius 3 is 2.58 bits per heavy atom. The topological polar surface area (TPSA) is 24.1 Å². The van der Waals surface area contributed by atoms with Gasteiger partial charge in [-0.1, -0.05) is 20.3 Å². The molecule has 2 N–H and O–H groups in total. The highest BCUT2D eigenvalue weighted by Crippen LogP contribution is 2.36. The molecule has 0 saturated heterocycles. The van der Waals surface area contributed by atoms with Crippen molar-refractivity contribution in [3.63, 3.8) is 0 Å². The van der Waals surface area contributed by atoms with Crippen LogP contribution in [0.25, 0.3) is 0 Å². The Bertz CT molecular complexity index is 177. The molecule has 1 saturated carbocycles. The second-order valence-electron chi connectivity index (χ2n) is 4.16. The zero-order chi connectivity index (χ0) is 9.19. The monoisotopic (exact) mass is 186 g/mol. The van der Waals surface area contributed by atoms with Gasteiger partial charge in [-0.25, -0.2) is 0 Å². The Balaban J connectivity index is 2.47. The molecule has 12 heavy (non-hydrogen) atoms. The van der Waals surface area contributed by atoms with Gasteiger partial charge in [0.2, 0.25) is 0 Å². The van der Waals surface area contributed by atoms with Crippen molar-refractivity contribution in [1.29, 1.82) is 0 Å². The molecule has 0 aromatic heterocycles. The molecule has 0 radical (unpaired) electrons. The van der Waals surface area contributed by atoms with Crippen LogP contribution in [0.2, 0.25) is 0 Å². The average Bonchev–Trinajstić information content (AvgIpc) is 2.31. The molecule has 0 heterocycles. The summed E-state index contributed by atoms with van der Waals surface area (Å²) in [6, 6.07) is 0.553. The van der Waals surface area contributed by atoms with Crippen molar-refractivity contribution < 1.29 is 0 Å². The van der Waals surface area contributed by atoms with Crippen LogP contribution in [0.4, 0.5) is 0 Å². The Kier molecular flexibility index (Phi) is 2.94. The van der Waals surface area contributed by atoms with Gasteiger partial charge in [0.05, 0.1) is 0 Å². The van der Waals surface area contributed by atoms with Gasteiger partial charge in [-0.15, -0.1) is 0 Å². The maximum Gasteiger partial charge on any atom is 0.166 e. The van der Waals surface area contributed by atoms with E-state index in [2.05, 4.69) is 24.5 Å². The first-order valence-corrected chi connectivity index (χ1v) is 4.95. The number of rotatable bonds is 1. The highest BCUT2D eigenvalue weighted by atomic mass is 32.1. The van der Waals surface area contributed by atoms with Crippen molar-refractivity contribution in [2.75, 3.05) is 7.05 Å². The highest BCUT2D eigenvalue weighted by Gasteiger charge is 2.34. The van der Waals surface area contributed by atoms with E-state index in [4.69, 9.17) is 12.2 Å². The lowest BCUT2D eigenvalue weighted by molar-refractivity contribution is 0.311. The fourth-order valence-corrected chi connectivity index (χ4v) is 1.97. The minimum atomic E-state index is 0.404. The first-order valence-electron chi connectivity index (χ1n) is 4.54. The minimum Gasteiger partial charge on any atom is -0.366 e. The molecule has 0 bridgehead atoms. The van der Waals surface area contributed by atoms with Crippen LogP contribution in [-0.4, -0.2) is 18.2 Å². The molecular weight excluding hydrogens is 168 g/mol. The molecule has 1 aliphatic rings. The summed E-state index contributed by atoms with van der Waals surface area (Å²) < 4.78 is 0. The van der Waals surface area contributed by atoms with E-state index in [1.54, 1.807) is 0 Å². The summed E-state index contributed by atoms with van der Waals surface area (Å²) in [4.78, 5) is 0. The molecule has 1 atom stereocenters. The standard InChI is InChI=1S/C9H18N2S/c1-9(2)6-4-5-7(9)11-8(12)10-3/h7H,4-6H2,1-3H3,(H2,10,11,12). The largest absolute Gasteiger partial charge is 0.366 e. The average molecular weight is 186 g/mol. The lowest BCUT2D eigenvalue weighted by Gasteiger charge is -2.28. The Hall–Kier alpha value is -0.310. The molecule has 1 aliphatic carbocycles. The highest BCUT2D eigenvalue weighted by molar-refractivity contribution is 7.80. The third-order valence-electron chi connectivity index (χ3n) is 2.79. The van der Waals surface area contributed by atoms with Gasteiger partial charge in [0, 0.05) is 13.1 Å². The minimum absolute atomic E-state index is 0.404. The summed E-state index contributed by atoms with van der Waals surface area (Å²) in [5, 5.41) is 7.06. The Labute approximate surface area is 80.1 Å². The molecule has 1 unspecified atom stereocenters. The van der Waals surface area contributed by atoms with Crippen molar-refractivity contribution in [3.8, 4) is 0 Å². The van der Waals surface area contributed by atoms with E-state index in [-0.39, 0.29) is 0 Å². The molecule has 0 aromatic carbocycles. The van der Waals surface area contributed by atoms with Gasteiger partial charge in [0.1, 0.15) is 0 Å². The second-order valence-corrected chi connectivity index (χ2v) is 4.57. The number of thiocarbonyl (C=S) groups is 1. The van der Waals surface area contributed by atoms with Crippen LogP contribution < -0.4 is 10.6 Å². The van der Waals surface area contributed by atoms with Crippen LogP contribution in [0.1, 0.15) is 33.1 Å². The third-order valence-corrected chi connectivity index (χ3v) is 3.11. The van der Waals surface area contributed by atoms with Crippen molar-refractivity contribution in [2.24, 2.45) is 5.41 Å². The van der Waals surface area contributed by atoms with Gasteiger partial charge >= 0.3 is 0 Å². The van der Waals surface area contributed by atoms with Crippen molar-refractivity contribution in [3.05, 3.63) is 0 Å². The Morgan fingerprint density at radius 1 is 1.50 bits per heavy atom. The van der Waals surface area contributed by atoms with Crippen LogP contribution >= 0.6 is 12.2 Å². The Morgan fingerprint density at radius 2 is 2.17 bits per heavy atom. The fraction of sp³-hybridized carbons (Fsp3) is 0.889. The SMILES string of the molecule is CNC(=S)NC1CCCC1(C)C. The fourth-order valence-electron chi connectivity index (χ4n) is 1.82.